The van der Waals surface area contributed by atoms with E-state index in [4.69, 9.17) is 0 Å². The fourth-order valence-corrected chi connectivity index (χ4v) is 5.02. The number of para-hydroxylation sites is 1. The summed E-state index contributed by atoms with van der Waals surface area (Å²) in [5.41, 5.74) is 2.95. The first-order valence-corrected chi connectivity index (χ1v) is 12.6. The Morgan fingerprint density at radius 2 is 1.68 bits per heavy atom. The lowest BCUT2D eigenvalue weighted by Gasteiger charge is -2.10. The third-order valence-corrected chi connectivity index (χ3v) is 6.75. The van der Waals surface area contributed by atoms with Gasteiger partial charge < -0.3 is 15.2 Å². The van der Waals surface area contributed by atoms with Crippen molar-refractivity contribution in [3.05, 3.63) is 95.2 Å². The summed E-state index contributed by atoms with van der Waals surface area (Å²) in [5, 5.41) is 6.61. The lowest BCUT2D eigenvalue weighted by atomic mass is 10.1. The number of nitrogens with one attached hydrogen (secondary N) is 2. The highest BCUT2D eigenvalue weighted by Crippen LogP contribution is 2.31. The molecule has 192 valence electrons. The van der Waals surface area contributed by atoms with E-state index in [1.54, 1.807) is 0 Å². The van der Waals surface area contributed by atoms with Crippen molar-refractivity contribution >= 4 is 40.2 Å². The van der Waals surface area contributed by atoms with Crippen LogP contribution in [-0.4, -0.2) is 28.7 Å². The number of aromatic nitrogens is 1. The smallest absolute Gasteiger partial charge is 0.350 e. The first-order chi connectivity index (χ1) is 17.6. The summed E-state index contributed by atoms with van der Waals surface area (Å²) in [7, 11) is 0. The summed E-state index contributed by atoms with van der Waals surface area (Å²) in [6, 6.07) is 18.0. The summed E-state index contributed by atoms with van der Waals surface area (Å²) >= 11 is 1.42. The van der Waals surface area contributed by atoms with Crippen LogP contribution in [0.15, 0.2) is 77.8 Å². The maximum Gasteiger partial charge on any atom is 0.416 e. The molecule has 2 N–H and O–H groups in total. The van der Waals surface area contributed by atoms with E-state index >= 15 is 0 Å². The molecule has 0 unspecified atom stereocenters. The number of nitrogens with zero attached hydrogens (tertiary/aromatic N) is 1. The lowest BCUT2D eigenvalue weighted by Crippen LogP contribution is -2.27. The Morgan fingerprint density at radius 1 is 0.946 bits per heavy atom. The van der Waals surface area contributed by atoms with E-state index in [2.05, 4.69) is 10.6 Å². The van der Waals surface area contributed by atoms with Crippen molar-refractivity contribution in [2.24, 2.45) is 0 Å². The van der Waals surface area contributed by atoms with Crippen molar-refractivity contribution < 1.29 is 22.8 Å². The van der Waals surface area contributed by atoms with Crippen LogP contribution in [0, 0.1) is 13.8 Å². The number of amides is 2. The van der Waals surface area contributed by atoms with Gasteiger partial charge in [-0.3, -0.25) is 9.59 Å². The maximum atomic E-state index is 12.9. The normalized spacial score (nSPS) is 11.5. The lowest BCUT2D eigenvalue weighted by molar-refractivity contribution is -0.137. The number of fused-ring (bicyclic) bond motifs is 1. The minimum Gasteiger partial charge on any atom is -0.350 e. The number of carbonyl (C=O) groups excluding carboxylic acids is 2. The van der Waals surface area contributed by atoms with Gasteiger partial charge in [-0.25, -0.2) is 0 Å². The Bertz CT molecular complexity index is 1430. The molecule has 4 aromatic rings. The molecule has 3 aromatic carbocycles. The van der Waals surface area contributed by atoms with Gasteiger partial charge in [0.15, 0.2) is 0 Å². The fraction of sp³-hybridized carbons (Fsp3) is 0.214. The van der Waals surface area contributed by atoms with Gasteiger partial charge in [0, 0.05) is 46.3 Å². The zero-order valence-electron chi connectivity index (χ0n) is 20.4. The summed E-state index contributed by atoms with van der Waals surface area (Å²) in [5.74, 6) is -0.451. The largest absolute Gasteiger partial charge is 0.416 e. The van der Waals surface area contributed by atoms with Gasteiger partial charge in [0.2, 0.25) is 5.91 Å². The highest BCUT2D eigenvalue weighted by molar-refractivity contribution is 8.00. The number of hydrogen-bond donors (Lipinski definition) is 2. The summed E-state index contributed by atoms with van der Waals surface area (Å²) in [6.07, 6.45) is -2.58. The van der Waals surface area contributed by atoms with Crippen molar-refractivity contribution in [2.75, 3.05) is 17.6 Å². The molecule has 0 saturated heterocycles. The average Bonchev–Trinajstić information content (AvgIpc) is 3.19. The maximum absolute atomic E-state index is 12.9. The minimum atomic E-state index is -4.51. The Balaban J connectivity index is 1.39. The van der Waals surface area contributed by atoms with Crippen molar-refractivity contribution in [2.45, 2.75) is 31.5 Å². The van der Waals surface area contributed by atoms with Gasteiger partial charge in [-0.15, -0.1) is 11.8 Å². The molecule has 5 nitrogen and oxygen atoms in total. The fourth-order valence-electron chi connectivity index (χ4n) is 4.13. The second-order valence-corrected chi connectivity index (χ2v) is 9.77. The Kier molecular flexibility index (Phi) is 7.92. The van der Waals surface area contributed by atoms with Gasteiger partial charge >= 0.3 is 6.18 Å². The van der Waals surface area contributed by atoms with E-state index in [0.29, 0.717) is 6.54 Å². The number of aryl methyl sites for hydroxylation is 2. The molecule has 0 atom stereocenters. The number of halogens is 3. The first-order valence-electron chi connectivity index (χ1n) is 11.6. The molecule has 0 aliphatic carbocycles. The van der Waals surface area contributed by atoms with Crippen LogP contribution in [0.3, 0.4) is 0 Å². The SMILES string of the molecule is Cc1cc(C)cc(NC(=O)CSc2cn(CCNC(=O)c3cccc(C(F)(F)F)c3)c3ccccc23)c1. The Morgan fingerprint density at radius 3 is 2.41 bits per heavy atom. The first kappa shape index (κ1) is 26.3. The second-order valence-electron chi connectivity index (χ2n) is 8.75. The molecular formula is C28H26F3N3O2S. The highest BCUT2D eigenvalue weighted by atomic mass is 32.2. The van der Waals surface area contributed by atoms with Crippen molar-refractivity contribution in [1.29, 1.82) is 0 Å². The van der Waals surface area contributed by atoms with Gasteiger partial charge in [0.1, 0.15) is 0 Å². The molecule has 4 rings (SSSR count). The molecule has 0 spiro atoms. The van der Waals surface area contributed by atoms with Crippen LogP contribution in [0.25, 0.3) is 10.9 Å². The molecule has 2 amide bonds. The quantitative estimate of drug-likeness (QED) is 0.260. The summed E-state index contributed by atoms with van der Waals surface area (Å²) in [6.45, 7) is 4.61. The monoisotopic (exact) mass is 525 g/mol. The second kappa shape index (κ2) is 11.1. The zero-order chi connectivity index (χ0) is 26.6. The summed E-state index contributed by atoms with van der Waals surface area (Å²) in [4.78, 5) is 25.9. The molecule has 9 heteroatoms. The van der Waals surface area contributed by atoms with Gasteiger partial charge in [0.05, 0.1) is 11.3 Å². The van der Waals surface area contributed by atoms with E-state index in [1.165, 1.54) is 23.9 Å². The van der Waals surface area contributed by atoms with E-state index in [9.17, 15) is 22.8 Å². The van der Waals surface area contributed by atoms with Gasteiger partial charge in [-0.1, -0.05) is 30.3 Å². The van der Waals surface area contributed by atoms with Gasteiger partial charge in [0.25, 0.3) is 5.91 Å². The molecule has 0 bridgehead atoms. The topological polar surface area (TPSA) is 63.1 Å². The molecule has 0 radical (unpaired) electrons. The minimum absolute atomic E-state index is 0.0433. The van der Waals surface area contributed by atoms with Crippen LogP contribution in [0.1, 0.15) is 27.0 Å². The number of carbonyl (C=O) groups is 2. The molecule has 1 aromatic heterocycles. The van der Waals surface area contributed by atoms with Gasteiger partial charge in [-0.05, 0) is 61.4 Å². The van der Waals surface area contributed by atoms with E-state index < -0.39 is 17.6 Å². The molecule has 0 saturated carbocycles. The van der Waals surface area contributed by atoms with Crippen LogP contribution in [0.4, 0.5) is 18.9 Å². The van der Waals surface area contributed by atoms with Crippen LogP contribution in [0.2, 0.25) is 0 Å². The zero-order valence-corrected chi connectivity index (χ0v) is 21.2. The molecule has 1 heterocycles. The van der Waals surface area contributed by atoms with Crippen molar-refractivity contribution in [3.63, 3.8) is 0 Å². The molecule has 0 fully saturated rings. The number of benzene rings is 3. The summed E-state index contributed by atoms with van der Waals surface area (Å²) < 4.78 is 40.8. The Hall–Kier alpha value is -3.72. The van der Waals surface area contributed by atoms with E-state index in [0.717, 1.165) is 44.7 Å². The number of anilines is 1. The van der Waals surface area contributed by atoms with Crippen molar-refractivity contribution in [1.82, 2.24) is 9.88 Å². The number of rotatable bonds is 8. The number of hydrogen-bond acceptors (Lipinski definition) is 3. The van der Waals surface area contributed by atoms with Crippen LogP contribution < -0.4 is 10.6 Å². The number of thioether (sulfide) groups is 1. The standard InChI is InChI=1S/C28H26F3N3O2S/c1-18-12-19(2)14-22(13-18)33-26(35)17-37-25-16-34(24-9-4-3-8-23(24)25)11-10-32-27(36)20-6-5-7-21(15-20)28(29,30)31/h3-9,12-16H,10-11,17H2,1-2H3,(H,32,36)(H,33,35). The average molecular weight is 526 g/mol. The molecular weight excluding hydrogens is 499 g/mol. The van der Waals surface area contributed by atoms with Crippen molar-refractivity contribution in [3.8, 4) is 0 Å². The molecule has 37 heavy (non-hydrogen) atoms. The third kappa shape index (κ3) is 6.74. The van der Waals surface area contributed by atoms with E-state index in [-0.39, 0.29) is 23.8 Å². The van der Waals surface area contributed by atoms with Crippen LogP contribution in [-0.2, 0) is 17.5 Å². The molecule has 0 aliphatic heterocycles. The number of alkyl halides is 3. The van der Waals surface area contributed by atoms with Crippen LogP contribution >= 0.6 is 11.8 Å². The predicted octanol–water partition coefficient (Wildman–Crippen LogP) is 6.44. The van der Waals surface area contributed by atoms with Gasteiger partial charge in [-0.2, -0.15) is 13.2 Å². The highest BCUT2D eigenvalue weighted by Gasteiger charge is 2.30. The predicted molar refractivity (Wildman–Crippen MR) is 141 cm³/mol. The Labute approximate surface area is 217 Å². The van der Waals surface area contributed by atoms with E-state index in [1.807, 2.05) is 67.1 Å². The van der Waals surface area contributed by atoms with Crippen LogP contribution in [0.5, 0.6) is 0 Å². The third-order valence-electron chi connectivity index (χ3n) is 5.71. The molecule has 0 aliphatic rings.